The van der Waals surface area contributed by atoms with Crippen LogP contribution in [0.3, 0.4) is 0 Å². The summed E-state index contributed by atoms with van der Waals surface area (Å²) in [4.78, 5) is 30.3. The number of aromatic hydroxyl groups is 1. The van der Waals surface area contributed by atoms with Gasteiger partial charge >= 0.3 is 0 Å². The van der Waals surface area contributed by atoms with Crippen LogP contribution in [-0.4, -0.2) is 49.1 Å². The number of piperazine rings is 1. The molecular weight excluding hydrogens is 378 g/mol. The monoisotopic (exact) mass is 400 g/mol. The van der Waals surface area contributed by atoms with Crippen LogP contribution in [0.1, 0.15) is 12.0 Å². The van der Waals surface area contributed by atoms with Gasteiger partial charge in [0.2, 0.25) is 5.91 Å². The highest BCUT2D eigenvalue weighted by Crippen LogP contribution is 2.30. The quantitative estimate of drug-likeness (QED) is 0.764. The molecule has 146 valence electrons. The van der Waals surface area contributed by atoms with E-state index < -0.39 is 0 Å². The number of carbonyl (C=O) groups excluding carboxylic acids is 2. The predicted molar refractivity (Wildman–Crippen MR) is 108 cm³/mol. The lowest BCUT2D eigenvalue weighted by Crippen LogP contribution is -3.19. The summed E-state index contributed by atoms with van der Waals surface area (Å²) in [6.07, 6.45) is 0.219. The standard InChI is InChI=1S/C21H22ClN3O3/c1-14-15(22)5-4-7-16(14)25-20(27)13-18(21(25)28)24-11-9-23(10-12-24)17-6-2-3-8-19(17)26/h2-8,18,26H,9-13H2,1H3/p+1/t18-/m0/s1. The molecule has 2 aliphatic heterocycles. The third-order valence-corrected chi connectivity index (χ3v) is 6.16. The van der Waals surface area contributed by atoms with Crippen LogP contribution in [0.2, 0.25) is 5.02 Å². The average Bonchev–Trinajstić information content (AvgIpc) is 2.99. The summed E-state index contributed by atoms with van der Waals surface area (Å²) in [6, 6.07) is 12.2. The lowest BCUT2D eigenvalue weighted by molar-refractivity contribution is -0.915. The van der Waals surface area contributed by atoms with Gasteiger partial charge in [-0.25, -0.2) is 4.90 Å². The lowest BCUT2D eigenvalue weighted by Gasteiger charge is -2.35. The van der Waals surface area contributed by atoms with Crippen LogP contribution in [0.5, 0.6) is 5.75 Å². The topological polar surface area (TPSA) is 65.3 Å². The molecule has 0 saturated carbocycles. The van der Waals surface area contributed by atoms with Gasteiger partial charge in [-0.1, -0.05) is 29.8 Å². The van der Waals surface area contributed by atoms with E-state index in [1.807, 2.05) is 19.1 Å². The first kappa shape index (κ1) is 18.8. The first-order valence-corrected chi connectivity index (χ1v) is 9.84. The van der Waals surface area contributed by atoms with Crippen molar-refractivity contribution in [2.45, 2.75) is 19.4 Å². The molecule has 0 spiro atoms. The number of phenols is 1. The number of halogens is 1. The van der Waals surface area contributed by atoms with Crippen LogP contribution in [0.25, 0.3) is 0 Å². The summed E-state index contributed by atoms with van der Waals surface area (Å²) in [7, 11) is 0. The van der Waals surface area contributed by atoms with Crippen molar-refractivity contribution in [1.82, 2.24) is 0 Å². The molecule has 2 saturated heterocycles. The third kappa shape index (κ3) is 3.23. The van der Waals surface area contributed by atoms with Crippen molar-refractivity contribution in [2.24, 2.45) is 0 Å². The Morgan fingerprint density at radius 2 is 1.71 bits per heavy atom. The summed E-state index contributed by atoms with van der Waals surface area (Å²) in [5.41, 5.74) is 2.13. The zero-order valence-electron chi connectivity index (χ0n) is 15.7. The van der Waals surface area contributed by atoms with Crippen molar-refractivity contribution >= 4 is 34.8 Å². The normalized spacial score (nSPS) is 20.9. The minimum Gasteiger partial charge on any atom is -0.506 e. The number of hydrogen-bond acceptors (Lipinski definition) is 4. The average molecular weight is 401 g/mol. The first-order valence-electron chi connectivity index (χ1n) is 9.47. The van der Waals surface area contributed by atoms with Gasteiger partial charge < -0.3 is 14.9 Å². The van der Waals surface area contributed by atoms with E-state index in [9.17, 15) is 14.7 Å². The van der Waals surface area contributed by atoms with Gasteiger partial charge in [0.05, 0.1) is 44.0 Å². The van der Waals surface area contributed by atoms with Gasteiger partial charge in [0, 0.05) is 5.02 Å². The largest absolute Gasteiger partial charge is 0.506 e. The fraction of sp³-hybridized carbons (Fsp3) is 0.333. The van der Waals surface area contributed by atoms with Crippen LogP contribution >= 0.6 is 11.6 Å². The fourth-order valence-corrected chi connectivity index (χ4v) is 4.33. The molecule has 4 rings (SSSR count). The first-order chi connectivity index (χ1) is 13.5. The van der Waals surface area contributed by atoms with Gasteiger partial charge in [0.1, 0.15) is 5.75 Å². The molecule has 2 fully saturated rings. The van der Waals surface area contributed by atoms with E-state index >= 15 is 0 Å². The lowest BCUT2D eigenvalue weighted by atomic mass is 10.1. The maximum absolute atomic E-state index is 13.1. The number of para-hydroxylation sites is 2. The van der Waals surface area contributed by atoms with E-state index in [2.05, 4.69) is 4.90 Å². The van der Waals surface area contributed by atoms with Crippen LogP contribution in [0.15, 0.2) is 42.5 Å². The number of carbonyl (C=O) groups is 2. The van der Waals surface area contributed by atoms with Gasteiger partial charge in [0.25, 0.3) is 5.91 Å². The van der Waals surface area contributed by atoms with E-state index in [1.165, 1.54) is 4.90 Å². The second-order valence-corrected chi connectivity index (χ2v) is 7.75. The van der Waals surface area contributed by atoms with E-state index in [-0.39, 0.29) is 30.0 Å². The Morgan fingerprint density at radius 1 is 1.04 bits per heavy atom. The van der Waals surface area contributed by atoms with Gasteiger partial charge in [-0.2, -0.15) is 0 Å². The van der Waals surface area contributed by atoms with Gasteiger partial charge in [-0.05, 0) is 36.8 Å². The summed E-state index contributed by atoms with van der Waals surface area (Å²) in [6.45, 7) is 4.74. The van der Waals surface area contributed by atoms with Crippen molar-refractivity contribution in [3.05, 3.63) is 53.1 Å². The molecule has 7 heteroatoms. The Bertz CT molecular complexity index is 925. The van der Waals surface area contributed by atoms with Gasteiger partial charge in [-0.3, -0.25) is 9.59 Å². The molecule has 0 aromatic heterocycles. The second-order valence-electron chi connectivity index (χ2n) is 7.34. The fourth-order valence-electron chi connectivity index (χ4n) is 4.16. The molecule has 0 aliphatic carbocycles. The molecule has 2 amide bonds. The predicted octanol–water partition coefficient (Wildman–Crippen LogP) is 1.39. The van der Waals surface area contributed by atoms with Crippen LogP contribution in [0, 0.1) is 6.92 Å². The van der Waals surface area contributed by atoms with Crippen molar-refractivity contribution in [2.75, 3.05) is 36.0 Å². The maximum Gasteiger partial charge on any atom is 0.292 e. The molecule has 2 aromatic rings. The van der Waals surface area contributed by atoms with Crippen LogP contribution < -0.4 is 14.7 Å². The SMILES string of the molecule is Cc1c(Cl)cccc1N1C(=O)C[C@H]([NH+]2CCN(c3ccccc3O)CC2)C1=O. The van der Waals surface area contributed by atoms with Crippen molar-refractivity contribution in [3.63, 3.8) is 0 Å². The number of amides is 2. The number of rotatable bonds is 3. The molecule has 2 heterocycles. The minimum atomic E-state index is -0.364. The molecular formula is C21H23ClN3O3+. The number of imide groups is 1. The molecule has 0 bridgehead atoms. The van der Waals surface area contributed by atoms with Crippen LogP contribution in [0.4, 0.5) is 11.4 Å². The molecule has 28 heavy (non-hydrogen) atoms. The van der Waals surface area contributed by atoms with Gasteiger partial charge in [0.15, 0.2) is 6.04 Å². The molecule has 0 unspecified atom stereocenters. The second kappa shape index (κ2) is 7.45. The smallest absolute Gasteiger partial charge is 0.292 e. The minimum absolute atomic E-state index is 0.152. The summed E-state index contributed by atoms with van der Waals surface area (Å²) in [5, 5.41) is 10.6. The number of nitrogens with zero attached hydrogens (tertiary/aromatic N) is 2. The highest BCUT2D eigenvalue weighted by molar-refractivity contribution is 6.32. The Morgan fingerprint density at radius 3 is 2.43 bits per heavy atom. The highest BCUT2D eigenvalue weighted by Gasteiger charge is 2.46. The van der Waals surface area contributed by atoms with Gasteiger partial charge in [-0.15, -0.1) is 0 Å². The number of hydrogen-bond donors (Lipinski definition) is 2. The Kier molecular flexibility index (Phi) is 5.00. The van der Waals surface area contributed by atoms with Crippen molar-refractivity contribution < 1.29 is 19.6 Å². The molecule has 0 radical (unpaired) electrons. The Balaban J connectivity index is 1.48. The zero-order valence-corrected chi connectivity index (χ0v) is 16.4. The number of quaternary nitrogens is 1. The maximum atomic E-state index is 13.1. The molecule has 2 N–H and O–H groups in total. The van der Waals surface area contributed by atoms with Crippen molar-refractivity contribution in [3.8, 4) is 5.75 Å². The zero-order chi connectivity index (χ0) is 19.8. The highest BCUT2D eigenvalue weighted by atomic mass is 35.5. The Labute approximate surface area is 168 Å². The number of nitrogens with one attached hydrogen (secondary N) is 1. The summed E-state index contributed by atoms with van der Waals surface area (Å²) < 4.78 is 0. The number of anilines is 2. The molecule has 1 atom stereocenters. The van der Waals surface area contributed by atoms with Crippen molar-refractivity contribution in [1.29, 1.82) is 0 Å². The molecule has 6 nitrogen and oxygen atoms in total. The summed E-state index contributed by atoms with van der Waals surface area (Å²) >= 11 is 6.18. The number of phenolic OH excluding ortho intramolecular Hbond substituents is 1. The number of benzene rings is 2. The molecule has 2 aromatic carbocycles. The van der Waals surface area contributed by atoms with E-state index in [0.717, 1.165) is 42.3 Å². The molecule has 2 aliphatic rings. The van der Waals surface area contributed by atoms with E-state index in [1.54, 1.807) is 30.3 Å². The van der Waals surface area contributed by atoms with E-state index in [4.69, 9.17) is 11.6 Å². The van der Waals surface area contributed by atoms with E-state index in [0.29, 0.717) is 10.7 Å². The summed E-state index contributed by atoms with van der Waals surface area (Å²) in [5.74, 6) is -0.0574. The third-order valence-electron chi connectivity index (χ3n) is 5.75. The van der Waals surface area contributed by atoms with Crippen LogP contribution in [-0.2, 0) is 9.59 Å². The Hall–Kier alpha value is -2.57.